The number of carbonyl (C=O) groups excluding carboxylic acids is 1. The maximum Gasteiger partial charge on any atom is 0.242 e. The van der Waals surface area contributed by atoms with Crippen LogP contribution in [0.3, 0.4) is 0 Å². The van der Waals surface area contributed by atoms with Crippen LogP contribution in [-0.2, 0) is 4.79 Å². The average molecular weight is 249 g/mol. The molecular weight excluding hydrogens is 226 g/mol. The second-order valence-electron chi connectivity index (χ2n) is 4.74. The molecule has 1 atom stereocenters. The largest absolute Gasteiger partial charge is 0.337 e. The maximum absolute atomic E-state index is 12.4. The van der Waals surface area contributed by atoms with Crippen molar-refractivity contribution in [3.63, 3.8) is 0 Å². The van der Waals surface area contributed by atoms with Gasteiger partial charge in [-0.05, 0) is 37.5 Å². The highest BCUT2D eigenvalue weighted by atomic mass is 16.2. The molecule has 1 aromatic rings. The van der Waals surface area contributed by atoms with Gasteiger partial charge in [0.05, 0.1) is 11.6 Å². The van der Waals surface area contributed by atoms with Gasteiger partial charge in [-0.3, -0.25) is 9.78 Å². The molecule has 0 aliphatic heterocycles. The van der Waals surface area contributed by atoms with E-state index < -0.39 is 5.54 Å². The van der Waals surface area contributed by atoms with E-state index >= 15 is 0 Å². The molecule has 1 aromatic heterocycles. The van der Waals surface area contributed by atoms with E-state index in [0.29, 0.717) is 12.8 Å². The van der Waals surface area contributed by atoms with Gasteiger partial charge in [-0.2, -0.15) is 0 Å². The quantitative estimate of drug-likeness (QED) is 0.869. The van der Waals surface area contributed by atoms with Crippen LogP contribution in [0.2, 0.25) is 0 Å². The molecule has 0 aromatic carbocycles. The Morgan fingerprint density at radius 1 is 1.39 bits per heavy atom. The summed E-state index contributed by atoms with van der Waals surface area (Å²) < 4.78 is 0. The van der Waals surface area contributed by atoms with E-state index in [1.54, 1.807) is 24.3 Å². The third-order valence-electron chi connectivity index (χ3n) is 3.78. The molecule has 2 N–H and O–H groups in total. The number of hydrogen-bond acceptors (Lipinski definition) is 3. The number of pyridine rings is 1. The fourth-order valence-corrected chi connectivity index (χ4v) is 1.95. The standard InChI is InChI=1S/C14H23N3O/c1-5-14(15,6-2)13(18)17(4)11(3)12-7-9-16-10-8-12/h7-11H,5-6,15H2,1-4H3. The van der Waals surface area contributed by atoms with Gasteiger partial charge in [-0.25, -0.2) is 0 Å². The lowest BCUT2D eigenvalue weighted by Gasteiger charge is -2.34. The molecule has 0 aliphatic carbocycles. The Bertz CT molecular complexity index is 387. The molecule has 0 radical (unpaired) electrons. The highest BCUT2D eigenvalue weighted by Crippen LogP contribution is 2.23. The highest BCUT2D eigenvalue weighted by molar-refractivity contribution is 5.86. The van der Waals surface area contributed by atoms with E-state index in [2.05, 4.69) is 4.98 Å². The number of amides is 1. The molecule has 1 amide bonds. The van der Waals surface area contributed by atoms with Gasteiger partial charge in [0.25, 0.3) is 0 Å². The van der Waals surface area contributed by atoms with Crippen LogP contribution in [0.25, 0.3) is 0 Å². The molecule has 1 rings (SSSR count). The van der Waals surface area contributed by atoms with Gasteiger partial charge in [0.1, 0.15) is 0 Å². The third kappa shape index (κ3) is 2.88. The van der Waals surface area contributed by atoms with Gasteiger partial charge >= 0.3 is 0 Å². The van der Waals surface area contributed by atoms with Gasteiger partial charge in [0.2, 0.25) is 5.91 Å². The van der Waals surface area contributed by atoms with Crippen LogP contribution in [-0.4, -0.2) is 28.4 Å². The van der Waals surface area contributed by atoms with Crippen molar-refractivity contribution in [3.8, 4) is 0 Å². The van der Waals surface area contributed by atoms with Crippen molar-refractivity contribution in [1.82, 2.24) is 9.88 Å². The van der Waals surface area contributed by atoms with E-state index in [0.717, 1.165) is 5.56 Å². The number of rotatable bonds is 5. The Balaban J connectivity index is 2.88. The van der Waals surface area contributed by atoms with Gasteiger partial charge in [0.15, 0.2) is 0 Å². The van der Waals surface area contributed by atoms with Crippen molar-refractivity contribution >= 4 is 5.91 Å². The molecule has 0 saturated carbocycles. The first-order valence-corrected chi connectivity index (χ1v) is 6.42. The van der Waals surface area contributed by atoms with Gasteiger partial charge in [-0.1, -0.05) is 13.8 Å². The fourth-order valence-electron chi connectivity index (χ4n) is 1.95. The number of hydrogen-bond donors (Lipinski definition) is 1. The summed E-state index contributed by atoms with van der Waals surface area (Å²) >= 11 is 0. The Morgan fingerprint density at radius 2 is 1.89 bits per heavy atom. The van der Waals surface area contributed by atoms with E-state index in [-0.39, 0.29) is 11.9 Å². The molecule has 100 valence electrons. The van der Waals surface area contributed by atoms with Crippen molar-refractivity contribution in [2.45, 2.75) is 45.2 Å². The van der Waals surface area contributed by atoms with E-state index in [9.17, 15) is 4.79 Å². The Kier molecular flexibility index (Phi) is 4.84. The number of nitrogens with two attached hydrogens (primary N) is 1. The topological polar surface area (TPSA) is 59.2 Å². The minimum Gasteiger partial charge on any atom is -0.337 e. The van der Waals surface area contributed by atoms with Crippen molar-refractivity contribution < 1.29 is 4.79 Å². The molecule has 1 unspecified atom stereocenters. The monoisotopic (exact) mass is 249 g/mol. The minimum atomic E-state index is -0.754. The molecule has 1 heterocycles. The summed E-state index contributed by atoms with van der Waals surface area (Å²) in [4.78, 5) is 18.1. The molecule has 4 nitrogen and oxygen atoms in total. The smallest absolute Gasteiger partial charge is 0.242 e. The second kappa shape index (κ2) is 5.96. The zero-order valence-electron chi connectivity index (χ0n) is 11.7. The first-order chi connectivity index (χ1) is 8.46. The Morgan fingerprint density at radius 3 is 2.33 bits per heavy atom. The lowest BCUT2D eigenvalue weighted by Crippen LogP contribution is -2.54. The summed E-state index contributed by atoms with van der Waals surface area (Å²) in [6, 6.07) is 3.84. The summed E-state index contributed by atoms with van der Waals surface area (Å²) in [6.07, 6.45) is 4.77. The summed E-state index contributed by atoms with van der Waals surface area (Å²) in [5, 5.41) is 0. The predicted octanol–water partition coefficient (Wildman–Crippen LogP) is 2.12. The Labute approximate surface area is 109 Å². The van der Waals surface area contributed by atoms with Crippen molar-refractivity contribution in [2.24, 2.45) is 5.73 Å². The van der Waals surface area contributed by atoms with Crippen LogP contribution >= 0.6 is 0 Å². The van der Waals surface area contributed by atoms with Gasteiger partial charge in [0, 0.05) is 19.4 Å². The van der Waals surface area contributed by atoms with E-state index in [1.807, 2.05) is 32.9 Å². The first-order valence-electron chi connectivity index (χ1n) is 6.42. The number of carbonyl (C=O) groups is 1. The number of aromatic nitrogens is 1. The van der Waals surface area contributed by atoms with Crippen LogP contribution < -0.4 is 5.73 Å². The summed E-state index contributed by atoms with van der Waals surface area (Å²) in [7, 11) is 1.81. The predicted molar refractivity (Wildman–Crippen MR) is 72.9 cm³/mol. The SMILES string of the molecule is CCC(N)(CC)C(=O)N(C)C(C)c1ccncc1. The van der Waals surface area contributed by atoms with Crippen molar-refractivity contribution in [3.05, 3.63) is 30.1 Å². The molecule has 0 saturated heterocycles. The maximum atomic E-state index is 12.4. The molecule has 0 fully saturated rings. The molecule has 18 heavy (non-hydrogen) atoms. The van der Waals surface area contributed by atoms with Crippen LogP contribution in [0.1, 0.15) is 45.2 Å². The van der Waals surface area contributed by atoms with Gasteiger partial charge < -0.3 is 10.6 Å². The first kappa shape index (κ1) is 14.6. The van der Waals surface area contributed by atoms with Crippen LogP contribution in [0.4, 0.5) is 0 Å². The van der Waals surface area contributed by atoms with Crippen LogP contribution in [0.5, 0.6) is 0 Å². The molecule has 0 bridgehead atoms. The summed E-state index contributed by atoms with van der Waals surface area (Å²) in [5.41, 5.74) is 6.46. The number of nitrogens with zero attached hydrogens (tertiary/aromatic N) is 2. The lowest BCUT2D eigenvalue weighted by atomic mass is 9.91. The fraction of sp³-hybridized carbons (Fsp3) is 0.571. The number of likely N-dealkylation sites (N-methyl/N-ethyl adjacent to an activating group) is 1. The normalized spacial score (nSPS) is 13.2. The van der Waals surface area contributed by atoms with E-state index in [1.165, 1.54) is 0 Å². The molecular formula is C14H23N3O. The molecule has 0 aliphatic rings. The third-order valence-corrected chi connectivity index (χ3v) is 3.78. The Hall–Kier alpha value is -1.42. The van der Waals surface area contributed by atoms with Crippen molar-refractivity contribution in [1.29, 1.82) is 0 Å². The summed E-state index contributed by atoms with van der Waals surface area (Å²) in [5.74, 6) is -0.00295. The van der Waals surface area contributed by atoms with Gasteiger partial charge in [-0.15, -0.1) is 0 Å². The minimum absolute atomic E-state index is 0.00141. The zero-order valence-corrected chi connectivity index (χ0v) is 11.7. The van der Waals surface area contributed by atoms with Crippen molar-refractivity contribution in [2.75, 3.05) is 7.05 Å². The highest BCUT2D eigenvalue weighted by Gasteiger charge is 2.34. The van der Waals surface area contributed by atoms with E-state index in [4.69, 9.17) is 5.73 Å². The molecule has 0 spiro atoms. The lowest BCUT2D eigenvalue weighted by molar-refractivity contribution is -0.138. The zero-order chi connectivity index (χ0) is 13.8. The average Bonchev–Trinajstić information content (AvgIpc) is 2.44. The van der Waals surface area contributed by atoms with Crippen LogP contribution in [0.15, 0.2) is 24.5 Å². The van der Waals surface area contributed by atoms with Crippen LogP contribution in [0, 0.1) is 0 Å². The second-order valence-corrected chi connectivity index (χ2v) is 4.74. The molecule has 4 heteroatoms. The summed E-state index contributed by atoms with van der Waals surface area (Å²) in [6.45, 7) is 5.90.